The summed E-state index contributed by atoms with van der Waals surface area (Å²) in [4.78, 5) is 29.1. The van der Waals surface area contributed by atoms with E-state index in [2.05, 4.69) is 9.72 Å². The van der Waals surface area contributed by atoms with Gasteiger partial charge in [-0.15, -0.1) is 0 Å². The van der Waals surface area contributed by atoms with Gasteiger partial charge in [-0.3, -0.25) is 0 Å². The van der Waals surface area contributed by atoms with E-state index in [4.69, 9.17) is 4.74 Å². The summed E-state index contributed by atoms with van der Waals surface area (Å²) in [6.45, 7) is 4.09. The van der Waals surface area contributed by atoms with Crippen molar-refractivity contribution in [2.24, 2.45) is 0 Å². The SMILES string of the molecule is COC(=O)c1cc(C)c(-c2nc3cc(C)ccn3c2C[C@H]2CN(C(=O)O)CCO2)c(F)c1F. The summed E-state index contributed by atoms with van der Waals surface area (Å²) >= 11 is 0. The lowest BCUT2D eigenvalue weighted by Gasteiger charge is -2.31. The number of aromatic nitrogens is 2. The van der Waals surface area contributed by atoms with Crippen LogP contribution in [0.25, 0.3) is 16.9 Å². The monoisotopic (exact) mass is 459 g/mol. The van der Waals surface area contributed by atoms with Crippen LogP contribution in [0.4, 0.5) is 13.6 Å². The number of morpholine rings is 1. The van der Waals surface area contributed by atoms with Gasteiger partial charge in [-0.05, 0) is 43.2 Å². The van der Waals surface area contributed by atoms with Crippen LogP contribution >= 0.6 is 0 Å². The highest BCUT2D eigenvalue weighted by molar-refractivity contribution is 5.91. The molecule has 33 heavy (non-hydrogen) atoms. The minimum atomic E-state index is -1.31. The fourth-order valence-corrected chi connectivity index (χ4v) is 4.13. The van der Waals surface area contributed by atoms with Gasteiger partial charge < -0.3 is 23.9 Å². The fraction of sp³-hybridized carbons (Fsp3) is 0.348. The van der Waals surface area contributed by atoms with Crippen molar-refractivity contribution in [3.8, 4) is 11.3 Å². The number of hydrogen-bond donors (Lipinski definition) is 1. The van der Waals surface area contributed by atoms with Gasteiger partial charge in [-0.2, -0.15) is 0 Å². The molecule has 0 bridgehead atoms. The van der Waals surface area contributed by atoms with Gasteiger partial charge in [-0.1, -0.05) is 0 Å². The molecule has 1 saturated heterocycles. The molecule has 4 rings (SSSR count). The molecule has 1 aliphatic rings. The normalized spacial score (nSPS) is 16.3. The number of esters is 1. The van der Waals surface area contributed by atoms with E-state index in [1.54, 1.807) is 17.5 Å². The predicted octanol–water partition coefficient (Wildman–Crippen LogP) is 3.60. The highest BCUT2D eigenvalue weighted by Gasteiger charge is 2.30. The number of carbonyl (C=O) groups is 2. The highest BCUT2D eigenvalue weighted by Crippen LogP contribution is 2.34. The van der Waals surface area contributed by atoms with Gasteiger partial charge in [-0.25, -0.2) is 23.4 Å². The number of methoxy groups -OCH3 is 1. The molecule has 0 aliphatic carbocycles. The maximum atomic E-state index is 15.3. The van der Waals surface area contributed by atoms with Gasteiger partial charge in [0.1, 0.15) is 5.65 Å². The summed E-state index contributed by atoms with van der Waals surface area (Å²) in [5, 5.41) is 9.34. The molecule has 174 valence electrons. The van der Waals surface area contributed by atoms with Crippen molar-refractivity contribution >= 4 is 17.7 Å². The predicted molar refractivity (Wildman–Crippen MR) is 114 cm³/mol. The minimum Gasteiger partial charge on any atom is -0.465 e. The zero-order chi connectivity index (χ0) is 23.9. The summed E-state index contributed by atoms with van der Waals surface area (Å²) < 4.78 is 42.2. The first-order chi connectivity index (χ1) is 15.7. The van der Waals surface area contributed by atoms with Crippen molar-refractivity contribution in [3.05, 3.63) is 58.4 Å². The van der Waals surface area contributed by atoms with Crippen molar-refractivity contribution in [1.82, 2.24) is 14.3 Å². The Morgan fingerprint density at radius 2 is 2.03 bits per heavy atom. The molecule has 1 atom stereocenters. The molecule has 1 amide bonds. The number of amides is 1. The van der Waals surface area contributed by atoms with Crippen LogP contribution in [-0.2, 0) is 15.9 Å². The minimum absolute atomic E-state index is 0.0672. The lowest BCUT2D eigenvalue weighted by molar-refractivity contribution is -0.0214. The van der Waals surface area contributed by atoms with E-state index >= 15 is 4.39 Å². The zero-order valence-corrected chi connectivity index (χ0v) is 18.4. The zero-order valence-electron chi connectivity index (χ0n) is 18.4. The van der Waals surface area contributed by atoms with Crippen LogP contribution < -0.4 is 0 Å². The number of imidazole rings is 1. The van der Waals surface area contributed by atoms with Crippen LogP contribution in [0.5, 0.6) is 0 Å². The second-order valence-electron chi connectivity index (χ2n) is 8.00. The van der Waals surface area contributed by atoms with E-state index in [-0.39, 0.29) is 37.4 Å². The Bertz CT molecular complexity index is 1260. The first-order valence-electron chi connectivity index (χ1n) is 10.4. The molecule has 0 unspecified atom stereocenters. The molecule has 0 saturated carbocycles. The third-order valence-corrected chi connectivity index (χ3v) is 5.76. The van der Waals surface area contributed by atoms with Gasteiger partial charge in [0.05, 0.1) is 43.3 Å². The number of carboxylic acid groups (broad SMARTS) is 1. The lowest BCUT2D eigenvalue weighted by Crippen LogP contribution is -2.45. The van der Waals surface area contributed by atoms with Crippen molar-refractivity contribution in [2.75, 3.05) is 26.8 Å². The van der Waals surface area contributed by atoms with Crippen LogP contribution in [0.1, 0.15) is 27.2 Å². The fourth-order valence-electron chi connectivity index (χ4n) is 4.13. The smallest absolute Gasteiger partial charge is 0.407 e. The van der Waals surface area contributed by atoms with E-state index in [9.17, 15) is 19.1 Å². The molecular weight excluding hydrogens is 436 g/mol. The molecule has 1 aliphatic heterocycles. The first-order valence-corrected chi connectivity index (χ1v) is 10.4. The Morgan fingerprint density at radius 3 is 2.73 bits per heavy atom. The third-order valence-electron chi connectivity index (χ3n) is 5.76. The number of fused-ring (bicyclic) bond motifs is 1. The van der Waals surface area contributed by atoms with Crippen LogP contribution in [0.15, 0.2) is 24.4 Å². The van der Waals surface area contributed by atoms with E-state index in [1.165, 1.54) is 11.0 Å². The maximum absolute atomic E-state index is 15.3. The molecule has 1 fully saturated rings. The van der Waals surface area contributed by atoms with Crippen molar-refractivity contribution in [1.29, 1.82) is 0 Å². The van der Waals surface area contributed by atoms with Crippen molar-refractivity contribution < 1.29 is 33.0 Å². The highest BCUT2D eigenvalue weighted by atomic mass is 19.2. The van der Waals surface area contributed by atoms with Crippen LogP contribution in [-0.4, -0.2) is 64.4 Å². The van der Waals surface area contributed by atoms with Gasteiger partial charge in [0.2, 0.25) is 0 Å². The Kier molecular flexibility index (Phi) is 6.03. The van der Waals surface area contributed by atoms with Crippen LogP contribution in [0, 0.1) is 25.5 Å². The molecule has 1 aromatic carbocycles. The third kappa shape index (κ3) is 4.13. The summed E-state index contributed by atoms with van der Waals surface area (Å²) in [5.74, 6) is -3.49. The maximum Gasteiger partial charge on any atom is 0.407 e. The molecule has 8 nitrogen and oxygen atoms in total. The van der Waals surface area contributed by atoms with Crippen LogP contribution in [0.2, 0.25) is 0 Å². The molecule has 10 heteroatoms. The summed E-state index contributed by atoms with van der Waals surface area (Å²) in [7, 11) is 1.09. The largest absolute Gasteiger partial charge is 0.465 e. The lowest BCUT2D eigenvalue weighted by atomic mass is 9.98. The first kappa shape index (κ1) is 22.7. The average molecular weight is 459 g/mol. The molecular formula is C23H23F2N3O5. The number of nitrogens with zero attached hydrogens (tertiary/aromatic N) is 3. The number of hydrogen-bond acceptors (Lipinski definition) is 5. The average Bonchev–Trinajstić information content (AvgIpc) is 3.12. The standard InChI is InChI=1S/C23H23F2N3O5/c1-12-4-5-28-16(10-14-11-27(23(30)31)6-7-33-14)21(26-17(28)8-12)18-13(2)9-15(22(29)32-3)19(24)20(18)25/h4-5,8-9,14H,6-7,10-11H2,1-3H3,(H,30,31)/t14-/m0/s1. The number of benzene rings is 1. The molecule has 3 aromatic rings. The van der Waals surface area contributed by atoms with Gasteiger partial charge in [0.25, 0.3) is 0 Å². The van der Waals surface area contributed by atoms with E-state index in [1.807, 2.05) is 19.1 Å². The Balaban J connectivity index is 1.86. The van der Waals surface area contributed by atoms with Gasteiger partial charge in [0.15, 0.2) is 11.6 Å². The number of rotatable bonds is 4. The number of aryl methyl sites for hydroxylation is 2. The van der Waals surface area contributed by atoms with E-state index in [0.29, 0.717) is 16.9 Å². The molecule has 1 N–H and O–H groups in total. The summed E-state index contributed by atoms with van der Waals surface area (Å²) in [6.07, 6.45) is 0.473. The second-order valence-corrected chi connectivity index (χ2v) is 8.00. The second kappa shape index (κ2) is 8.78. The molecule has 2 aromatic heterocycles. The Morgan fingerprint density at radius 1 is 1.27 bits per heavy atom. The number of pyridine rings is 1. The van der Waals surface area contributed by atoms with Gasteiger partial charge >= 0.3 is 12.1 Å². The topological polar surface area (TPSA) is 93.4 Å². The van der Waals surface area contributed by atoms with Gasteiger partial charge in [0, 0.05) is 24.7 Å². The molecule has 0 spiro atoms. The number of ether oxygens (including phenoxy) is 2. The number of halogens is 2. The summed E-state index contributed by atoms with van der Waals surface area (Å²) in [5.41, 5.74) is 1.97. The Labute approximate surface area is 188 Å². The van der Waals surface area contributed by atoms with Crippen molar-refractivity contribution in [2.45, 2.75) is 26.4 Å². The number of carbonyl (C=O) groups excluding carboxylic acids is 1. The quantitative estimate of drug-likeness (QED) is 0.600. The Hall–Kier alpha value is -3.53. The summed E-state index contributed by atoms with van der Waals surface area (Å²) in [6, 6.07) is 4.91. The molecule has 0 radical (unpaired) electrons. The van der Waals surface area contributed by atoms with E-state index in [0.717, 1.165) is 12.7 Å². The van der Waals surface area contributed by atoms with Crippen LogP contribution in [0.3, 0.4) is 0 Å². The van der Waals surface area contributed by atoms with E-state index < -0.39 is 35.4 Å². The molecule has 3 heterocycles. The van der Waals surface area contributed by atoms with Crippen molar-refractivity contribution in [3.63, 3.8) is 0 Å².